The zero-order valence-electron chi connectivity index (χ0n) is 38.5. The van der Waals surface area contributed by atoms with Crippen molar-refractivity contribution in [2.75, 3.05) is 54.1 Å². The fourth-order valence-corrected chi connectivity index (χ4v) is 7.10. The number of carbonyl (C=O) groups excluding carboxylic acids is 1. The molecule has 0 aromatic heterocycles. The third-order valence-electron chi connectivity index (χ3n) is 10.1. The molecule has 0 aromatic rings. The molecule has 0 spiro atoms. The van der Waals surface area contributed by atoms with Crippen molar-refractivity contribution in [2.45, 2.75) is 206 Å². The van der Waals surface area contributed by atoms with Crippen molar-refractivity contribution < 1.29 is 37.3 Å². The van der Waals surface area contributed by atoms with Gasteiger partial charge in [-0.3, -0.25) is 9.36 Å². The minimum atomic E-state index is -4.53. The summed E-state index contributed by atoms with van der Waals surface area (Å²) < 4.78 is 34.6. The first-order valence-electron chi connectivity index (χ1n) is 23.9. The van der Waals surface area contributed by atoms with Crippen LogP contribution in [0.5, 0.6) is 0 Å². The van der Waals surface area contributed by atoms with E-state index in [4.69, 9.17) is 18.5 Å². The summed E-state index contributed by atoms with van der Waals surface area (Å²) >= 11 is 0. The average Bonchev–Trinajstić information content (AvgIpc) is 3.18. The lowest BCUT2D eigenvalue weighted by molar-refractivity contribution is -0.870. The van der Waals surface area contributed by atoms with Crippen LogP contribution >= 0.6 is 7.82 Å². The number of nitrogens with zero attached hydrogens (tertiary/aromatic N) is 1. The maximum absolute atomic E-state index is 12.7. The van der Waals surface area contributed by atoms with Crippen LogP contribution in [0.3, 0.4) is 0 Å². The van der Waals surface area contributed by atoms with Crippen LogP contribution in [0, 0.1) is 0 Å². The molecule has 2 atom stereocenters. The lowest BCUT2D eigenvalue weighted by Gasteiger charge is -2.28. The average molecular weight is 838 g/mol. The Balaban J connectivity index is 4.17. The molecule has 0 amide bonds. The molecule has 8 nitrogen and oxygen atoms in total. The van der Waals surface area contributed by atoms with Gasteiger partial charge in [0.25, 0.3) is 7.82 Å². The first-order chi connectivity index (χ1) is 28.1. The number of hydrogen-bond donors (Lipinski definition) is 0. The van der Waals surface area contributed by atoms with Crippen molar-refractivity contribution in [2.24, 2.45) is 0 Å². The van der Waals surface area contributed by atoms with Crippen LogP contribution in [-0.2, 0) is 27.9 Å². The summed E-state index contributed by atoms with van der Waals surface area (Å²) in [7, 11) is 1.34. The molecule has 0 aromatic carbocycles. The fraction of sp³-hybridized carbons (Fsp3) is 0.816. The second-order valence-corrected chi connectivity index (χ2v) is 18.5. The van der Waals surface area contributed by atoms with Crippen molar-refractivity contribution in [3.05, 3.63) is 48.6 Å². The van der Waals surface area contributed by atoms with Crippen LogP contribution in [0.2, 0.25) is 0 Å². The molecule has 0 N–H and O–H groups in total. The number of ether oxygens (including phenoxy) is 2. The summed E-state index contributed by atoms with van der Waals surface area (Å²) in [5.41, 5.74) is 0. The van der Waals surface area contributed by atoms with Gasteiger partial charge < -0.3 is 27.9 Å². The van der Waals surface area contributed by atoms with Gasteiger partial charge in [-0.25, -0.2) is 0 Å². The van der Waals surface area contributed by atoms with Crippen LogP contribution in [0.1, 0.15) is 200 Å². The van der Waals surface area contributed by atoms with Crippen molar-refractivity contribution in [1.29, 1.82) is 0 Å². The van der Waals surface area contributed by atoms with E-state index >= 15 is 0 Å². The van der Waals surface area contributed by atoms with Gasteiger partial charge >= 0.3 is 5.97 Å². The van der Waals surface area contributed by atoms with Gasteiger partial charge in [-0.2, -0.15) is 0 Å². The van der Waals surface area contributed by atoms with Crippen molar-refractivity contribution in [3.8, 4) is 0 Å². The van der Waals surface area contributed by atoms with Crippen molar-refractivity contribution in [1.82, 2.24) is 0 Å². The summed E-state index contributed by atoms with van der Waals surface area (Å²) in [5.74, 6) is -0.344. The van der Waals surface area contributed by atoms with E-state index in [1.54, 1.807) is 0 Å². The van der Waals surface area contributed by atoms with E-state index in [1.807, 2.05) is 21.1 Å². The number of likely N-dealkylation sites (N-methyl/N-ethyl adjacent to an activating group) is 1. The molecule has 0 bridgehead atoms. The van der Waals surface area contributed by atoms with Crippen LogP contribution in [-0.4, -0.2) is 70.7 Å². The molecule has 0 heterocycles. The van der Waals surface area contributed by atoms with E-state index in [0.29, 0.717) is 24.1 Å². The standard InChI is InChI=1S/C49H92NO7P/c1-6-8-10-12-14-16-18-20-21-22-23-24-25-26-27-28-29-30-32-34-36-38-40-42-49(51)57-48(47-56-58(52,53)55-45-43-50(3,4)5)46-54-44-41-39-37-35-33-31-19-17-15-13-11-9-7-2/h15,17-18,20,22-23,25-26,48H,6-14,16,19,21,24,27-47H2,1-5H3/b17-15-,20-18-,23-22-,26-25-. The molecule has 0 radical (unpaired) electrons. The van der Waals surface area contributed by atoms with Crippen LogP contribution in [0.15, 0.2) is 48.6 Å². The normalized spacial score (nSPS) is 14.1. The molecule has 0 aliphatic rings. The second kappa shape index (κ2) is 42.2. The monoisotopic (exact) mass is 838 g/mol. The molecule has 0 fully saturated rings. The van der Waals surface area contributed by atoms with Gasteiger partial charge in [0.2, 0.25) is 0 Å². The highest BCUT2D eigenvalue weighted by Crippen LogP contribution is 2.38. The summed E-state index contributed by atoms with van der Waals surface area (Å²) in [6, 6.07) is 0. The first kappa shape index (κ1) is 56.5. The number of quaternary nitrogens is 1. The smallest absolute Gasteiger partial charge is 0.306 e. The summed E-state index contributed by atoms with van der Waals surface area (Å²) in [4.78, 5) is 25.1. The third-order valence-corrected chi connectivity index (χ3v) is 11.1. The number of esters is 1. The van der Waals surface area contributed by atoms with E-state index in [-0.39, 0.29) is 25.8 Å². The first-order valence-corrected chi connectivity index (χ1v) is 25.3. The Hall–Kier alpha value is -1.54. The molecule has 0 saturated carbocycles. The summed E-state index contributed by atoms with van der Waals surface area (Å²) in [6.07, 6.45) is 51.2. The largest absolute Gasteiger partial charge is 0.756 e. The SMILES string of the molecule is CCCCC/C=C\CCCCCCCCOCC(COP(=O)([O-])OCC[N+](C)(C)C)OC(=O)CCCCCCCCCC/C=C\C/C=C\C/C=C\CCCCCCC. The molecule has 2 unspecified atom stereocenters. The Labute approximate surface area is 358 Å². The molecule has 0 saturated heterocycles. The highest BCUT2D eigenvalue weighted by atomic mass is 31.2. The molecule has 0 rings (SSSR count). The van der Waals surface area contributed by atoms with Gasteiger partial charge in [0.1, 0.15) is 19.3 Å². The Morgan fingerprint density at radius 3 is 1.47 bits per heavy atom. The third kappa shape index (κ3) is 45.5. The molecule has 0 aliphatic heterocycles. The van der Waals surface area contributed by atoms with E-state index < -0.39 is 13.9 Å². The summed E-state index contributed by atoms with van der Waals surface area (Å²) in [5, 5.41) is 0. The van der Waals surface area contributed by atoms with E-state index in [1.165, 1.54) is 128 Å². The molecule has 0 aliphatic carbocycles. The predicted molar refractivity (Wildman–Crippen MR) is 245 cm³/mol. The van der Waals surface area contributed by atoms with Gasteiger partial charge in [0.05, 0.1) is 34.4 Å². The lowest BCUT2D eigenvalue weighted by atomic mass is 10.1. The number of phosphoric ester groups is 1. The van der Waals surface area contributed by atoms with Crippen molar-refractivity contribution in [3.63, 3.8) is 0 Å². The van der Waals surface area contributed by atoms with Crippen LogP contribution in [0.25, 0.3) is 0 Å². The summed E-state index contributed by atoms with van der Waals surface area (Å²) in [6.45, 7) is 5.36. The van der Waals surface area contributed by atoms with Gasteiger partial charge in [0.15, 0.2) is 0 Å². The van der Waals surface area contributed by atoms with E-state index in [2.05, 4.69) is 62.5 Å². The zero-order valence-corrected chi connectivity index (χ0v) is 39.4. The molecule has 9 heteroatoms. The van der Waals surface area contributed by atoms with E-state index in [9.17, 15) is 14.3 Å². The van der Waals surface area contributed by atoms with Gasteiger partial charge in [-0.05, 0) is 77.0 Å². The molecular formula is C49H92NO7P. The number of unbranched alkanes of at least 4 members (excludes halogenated alkanes) is 22. The number of hydrogen-bond acceptors (Lipinski definition) is 7. The van der Waals surface area contributed by atoms with Crippen molar-refractivity contribution >= 4 is 13.8 Å². The Kier molecular flexibility index (Phi) is 41.0. The second-order valence-electron chi connectivity index (χ2n) is 17.1. The lowest BCUT2D eigenvalue weighted by Crippen LogP contribution is -2.37. The topological polar surface area (TPSA) is 94.1 Å². The fourth-order valence-electron chi connectivity index (χ4n) is 6.37. The highest BCUT2D eigenvalue weighted by molar-refractivity contribution is 7.45. The number of carbonyl (C=O) groups is 1. The number of phosphoric acid groups is 1. The Morgan fingerprint density at radius 1 is 0.534 bits per heavy atom. The van der Waals surface area contributed by atoms with Crippen LogP contribution in [0.4, 0.5) is 0 Å². The van der Waals surface area contributed by atoms with Crippen LogP contribution < -0.4 is 4.89 Å². The molecule has 58 heavy (non-hydrogen) atoms. The van der Waals surface area contributed by atoms with Gasteiger partial charge in [-0.15, -0.1) is 0 Å². The van der Waals surface area contributed by atoms with Gasteiger partial charge in [-0.1, -0.05) is 165 Å². The number of allylic oxidation sites excluding steroid dienone is 8. The Bertz CT molecular complexity index is 1070. The zero-order chi connectivity index (χ0) is 42.7. The molecule has 340 valence electrons. The highest BCUT2D eigenvalue weighted by Gasteiger charge is 2.20. The predicted octanol–water partition coefficient (Wildman–Crippen LogP) is 13.7. The minimum Gasteiger partial charge on any atom is -0.756 e. The van der Waals surface area contributed by atoms with Gasteiger partial charge in [0, 0.05) is 13.0 Å². The maximum Gasteiger partial charge on any atom is 0.306 e. The maximum atomic E-state index is 12.7. The van der Waals surface area contributed by atoms with E-state index in [0.717, 1.165) is 51.4 Å². The minimum absolute atomic E-state index is 0.0221. The molecular weight excluding hydrogens is 746 g/mol. The quantitative estimate of drug-likeness (QED) is 0.0198. The Morgan fingerprint density at radius 2 is 0.948 bits per heavy atom. The number of rotatable bonds is 44.